The van der Waals surface area contributed by atoms with Crippen molar-refractivity contribution in [3.05, 3.63) is 18.3 Å². The molecule has 1 fully saturated rings. The van der Waals surface area contributed by atoms with Crippen LogP contribution in [0.1, 0.15) is 45.7 Å². The molecule has 0 unspecified atom stereocenters. The van der Waals surface area contributed by atoms with Crippen LogP contribution in [-0.2, 0) is 12.0 Å². The summed E-state index contributed by atoms with van der Waals surface area (Å²) in [4.78, 5) is 16.0. The minimum Gasteiger partial charge on any atom is -0.314 e. The first-order chi connectivity index (χ1) is 10.1. The number of imidazole rings is 1. The Hall–Kier alpha value is -1.49. The maximum atomic E-state index is 4.57. The van der Waals surface area contributed by atoms with Crippen LogP contribution in [0.2, 0.25) is 0 Å². The zero-order chi connectivity index (χ0) is 14.9. The smallest absolute Gasteiger partial charge is 0.163 e. The van der Waals surface area contributed by atoms with Gasteiger partial charge in [0.25, 0.3) is 0 Å². The van der Waals surface area contributed by atoms with E-state index < -0.39 is 0 Å². The molecule has 21 heavy (non-hydrogen) atoms. The van der Waals surface area contributed by atoms with Gasteiger partial charge < -0.3 is 9.47 Å². The normalized spacial score (nSPS) is 17.5. The molecule has 0 spiro atoms. The van der Waals surface area contributed by atoms with E-state index in [0.717, 1.165) is 29.9 Å². The van der Waals surface area contributed by atoms with Gasteiger partial charge in [0.1, 0.15) is 11.8 Å². The van der Waals surface area contributed by atoms with Gasteiger partial charge in [-0.2, -0.15) is 0 Å². The molecule has 1 aliphatic rings. The summed E-state index contributed by atoms with van der Waals surface area (Å²) in [7, 11) is 0. The fraction of sp³-hybridized carbons (Fsp3) is 0.688. The van der Waals surface area contributed by atoms with Crippen LogP contribution in [0.25, 0.3) is 11.2 Å². The van der Waals surface area contributed by atoms with Crippen molar-refractivity contribution >= 4 is 11.2 Å². The molecule has 3 rings (SSSR count). The highest BCUT2D eigenvalue weighted by Gasteiger charge is 2.21. The van der Waals surface area contributed by atoms with Gasteiger partial charge in [-0.1, -0.05) is 27.2 Å². The Morgan fingerprint density at radius 3 is 2.48 bits per heavy atom. The molecule has 1 saturated heterocycles. The van der Waals surface area contributed by atoms with Crippen molar-refractivity contribution in [1.82, 2.24) is 24.4 Å². The van der Waals surface area contributed by atoms with Crippen LogP contribution in [0.3, 0.4) is 0 Å². The lowest BCUT2D eigenvalue weighted by Crippen LogP contribution is -2.32. The fourth-order valence-electron chi connectivity index (χ4n) is 3.03. The van der Waals surface area contributed by atoms with E-state index in [-0.39, 0.29) is 5.41 Å². The first-order valence-corrected chi connectivity index (χ1v) is 7.94. The quantitative estimate of drug-likeness (QED) is 0.870. The Morgan fingerprint density at radius 2 is 1.76 bits per heavy atom. The molecule has 2 aromatic heterocycles. The summed E-state index contributed by atoms with van der Waals surface area (Å²) < 4.78 is 2.17. The van der Waals surface area contributed by atoms with Crippen LogP contribution >= 0.6 is 0 Å². The Kier molecular flexibility index (Phi) is 3.93. The van der Waals surface area contributed by atoms with Crippen molar-refractivity contribution in [2.24, 2.45) is 0 Å². The van der Waals surface area contributed by atoms with E-state index in [0.29, 0.717) is 0 Å². The van der Waals surface area contributed by atoms with E-state index in [2.05, 4.69) is 45.2 Å². The number of aromatic nitrogens is 4. The maximum absolute atomic E-state index is 4.57. The molecule has 5 heteroatoms. The van der Waals surface area contributed by atoms with Crippen molar-refractivity contribution < 1.29 is 0 Å². The third-order valence-corrected chi connectivity index (χ3v) is 4.22. The molecular formula is C16H25N5. The lowest BCUT2D eigenvalue weighted by molar-refractivity contribution is 0.221. The molecular weight excluding hydrogens is 262 g/mol. The Morgan fingerprint density at radius 1 is 1.00 bits per heavy atom. The van der Waals surface area contributed by atoms with Crippen LogP contribution in [0.4, 0.5) is 0 Å². The van der Waals surface area contributed by atoms with E-state index in [1.54, 1.807) is 6.33 Å². The molecule has 0 radical (unpaired) electrons. The minimum atomic E-state index is -0.00670. The summed E-state index contributed by atoms with van der Waals surface area (Å²) in [6, 6.07) is 0. The zero-order valence-electron chi connectivity index (χ0n) is 13.3. The van der Waals surface area contributed by atoms with Gasteiger partial charge >= 0.3 is 0 Å². The number of likely N-dealkylation sites (tertiary alicyclic amines) is 1. The summed E-state index contributed by atoms with van der Waals surface area (Å²) in [5, 5.41) is 0. The molecule has 3 heterocycles. The number of hydrogen-bond acceptors (Lipinski definition) is 4. The van der Waals surface area contributed by atoms with Crippen LogP contribution in [0.15, 0.2) is 12.7 Å². The maximum Gasteiger partial charge on any atom is 0.163 e. The van der Waals surface area contributed by atoms with Crippen molar-refractivity contribution in [2.75, 3.05) is 19.6 Å². The molecule has 5 nitrogen and oxygen atoms in total. The van der Waals surface area contributed by atoms with Crippen LogP contribution < -0.4 is 0 Å². The largest absolute Gasteiger partial charge is 0.314 e. The lowest BCUT2D eigenvalue weighted by Gasteiger charge is -2.26. The third-order valence-electron chi connectivity index (χ3n) is 4.22. The van der Waals surface area contributed by atoms with Gasteiger partial charge in [0.05, 0.1) is 12.0 Å². The summed E-state index contributed by atoms with van der Waals surface area (Å²) >= 11 is 0. The monoisotopic (exact) mass is 287 g/mol. The first-order valence-electron chi connectivity index (χ1n) is 7.94. The topological polar surface area (TPSA) is 46.8 Å². The zero-order valence-corrected chi connectivity index (χ0v) is 13.3. The van der Waals surface area contributed by atoms with Gasteiger partial charge in [-0.05, 0) is 25.9 Å². The van der Waals surface area contributed by atoms with Crippen molar-refractivity contribution in [3.63, 3.8) is 0 Å². The second-order valence-electron chi connectivity index (χ2n) is 6.98. The first kappa shape index (κ1) is 14.4. The van der Waals surface area contributed by atoms with Crippen LogP contribution in [0, 0.1) is 0 Å². The standard InChI is InChI=1S/C16H25N5/c1-16(2,3)14-13-15(18-11-17-14)21(12-19-13)10-9-20-7-5-4-6-8-20/h11-12H,4-10H2,1-3H3. The van der Waals surface area contributed by atoms with E-state index >= 15 is 0 Å². The highest BCUT2D eigenvalue weighted by Crippen LogP contribution is 2.25. The second kappa shape index (κ2) is 5.72. The van der Waals surface area contributed by atoms with Gasteiger partial charge in [0.2, 0.25) is 0 Å². The number of nitrogens with zero attached hydrogens (tertiary/aromatic N) is 5. The number of fused-ring (bicyclic) bond motifs is 1. The molecule has 0 atom stereocenters. The summed E-state index contributed by atoms with van der Waals surface area (Å²) in [5.41, 5.74) is 2.94. The SMILES string of the molecule is CC(C)(C)c1ncnc2c1ncn2CCN1CCCCC1. The average molecular weight is 287 g/mol. The third kappa shape index (κ3) is 3.07. The summed E-state index contributed by atoms with van der Waals surface area (Å²) in [6.07, 6.45) is 7.63. The molecule has 0 aliphatic carbocycles. The van der Waals surface area contributed by atoms with Gasteiger partial charge in [-0.3, -0.25) is 0 Å². The lowest BCUT2D eigenvalue weighted by atomic mass is 9.91. The van der Waals surface area contributed by atoms with Crippen LogP contribution in [0.5, 0.6) is 0 Å². The van der Waals surface area contributed by atoms with Crippen molar-refractivity contribution in [2.45, 2.75) is 52.0 Å². The number of piperidine rings is 1. The van der Waals surface area contributed by atoms with Gasteiger partial charge in [0, 0.05) is 18.5 Å². The minimum absolute atomic E-state index is 0.00670. The molecule has 0 bridgehead atoms. The highest BCUT2D eigenvalue weighted by atomic mass is 15.2. The molecule has 1 aliphatic heterocycles. The molecule has 0 saturated carbocycles. The fourth-order valence-corrected chi connectivity index (χ4v) is 3.03. The molecule has 2 aromatic rings. The Balaban J connectivity index is 1.80. The summed E-state index contributed by atoms with van der Waals surface area (Å²) in [5.74, 6) is 0. The van der Waals surface area contributed by atoms with Gasteiger partial charge in [-0.25, -0.2) is 15.0 Å². The highest BCUT2D eigenvalue weighted by molar-refractivity contribution is 5.74. The number of rotatable bonds is 3. The number of hydrogen-bond donors (Lipinski definition) is 0. The Labute approximate surface area is 126 Å². The predicted octanol–water partition coefficient (Wildman–Crippen LogP) is 2.61. The van der Waals surface area contributed by atoms with Gasteiger partial charge in [0.15, 0.2) is 5.65 Å². The van der Waals surface area contributed by atoms with E-state index in [9.17, 15) is 0 Å². The van der Waals surface area contributed by atoms with E-state index in [4.69, 9.17) is 0 Å². The van der Waals surface area contributed by atoms with E-state index in [1.165, 1.54) is 32.4 Å². The molecule has 0 aromatic carbocycles. The molecule has 114 valence electrons. The Bertz CT molecular complexity index is 605. The van der Waals surface area contributed by atoms with Crippen molar-refractivity contribution in [1.29, 1.82) is 0 Å². The van der Waals surface area contributed by atoms with Crippen LogP contribution in [-0.4, -0.2) is 44.1 Å². The summed E-state index contributed by atoms with van der Waals surface area (Å²) in [6.45, 7) is 11.0. The van der Waals surface area contributed by atoms with Crippen molar-refractivity contribution in [3.8, 4) is 0 Å². The van der Waals surface area contributed by atoms with Gasteiger partial charge in [-0.15, -0.1) is 0 Å². The second-order valence-corrected chi connectivity index (χ2v) is 6.98. The predicted molar refractivity (Wildman–Crippen MR) is 84.3 cm³/mol. The molecule has 0 N–H and O–H groups in total. The molecule has 0 amide bonds. The van der Waals surface area contributed by atoms with E-state index in [1.807, 2.05) is 6.33 Å². The average Bonchev–Trinajstić information content (AvgIpc) is 2.88.